The molecule has 2 aromatic rings. The number of hydrogen-bond donors (Lipinski definition) is 2. The Balaban J connectivity index is 0.00000112. The summed E-state index contributed by atoms with van der Waals surface area (Å²) in [5, 5.41) is 6.91. The molecule has 0 radical (unpaired) electrons. The summed E-state index contributed by atoms with van der Waals surface area (Å²) in [4.78, 5) is 8.28. The van der Waals surface area contributed by atoms with Crippen LogP contribution in [-0.2, 0) is 6.42 Å². The highest BCUT2D eigenvalue weighted by molar-refractivity contribution is 5.85. The number of nitrogens with zero attached hydrogens (tertiary/aromatic N) is 3. The van der Waals surface area contributed by atoms with Crippen molar-refractivity contribution < 1.29 is 0 Å². The second kappa shape index (κ2) is 7.16. The lowest BCUT2D eigenvalue weighted by Crippen LogP contribution is -2.03. The Kier molecular flexibility index (Phi) is 6.64. The first-order valence-corrected chi connectivity index (χ1v) is 4.42. The van der Waals surface area contributed by atoms with E-state index in [4.69, 9.17) is 5.73 Å². The topological polar surface area (TPSA) is 80.5 Å². The zero-order chi connectivity index (χ0) is 9.80. The molecule has 0 saturated carbocycles. The van der Waals surface area contributed by atoms with Gasteiger partial charge in [-0.05, 0) is 18.7 Å². The molecule has 0 unspecified atom stereocenters. The molecular weight excluding hydrogens is 249 g/mol. The first-order chi connectivity index (χ1) is 6.90. The van der Waals surface area contributed by atoms with E-state index < -0.39 is 0 Å². The van der Waals surface area contributed by atoms with Gasteiger partial charge in [-0.25, -0.2) is 4.98 Å². The Morgan fingerprint density at radius 2 is 2.12 bits per heavy atom. The van der Waals surface area contributed by atoms with Crippen LogP contribution in [0.5, 0.6) is 0 Å². The molecule has 2 heterocycles. The number of nitrogens with one attached hydrogen (secondary N) is 1. The van der Waals surface area contributed by atoms with Crippen molar-refractivity contribution in [1.82, 2.24) is 20.2 Å². The second-order valence-electron chi connectivity index (χ2n) is 2.89. The molecule has 0 bridgehead atoms. The predicted molar refractivity (Wildman–Crippen MR) is 66.9 cm³/mol. The third-order valence-corrected chi connectivity index (χ3v) is 1.83. The van der Waals surface area contributed by atoms with E-state index in [-0.39, 0.29) is 24.8 Å². The molecule has 7 heteroatoms. The fraction of sp³-hybridized carbons (Fsp3) is 0.222. The highest BCUT2D eigenvalue weighted by Gasteiger charge is 2.04. The molecule has 0 aliphatic rings. The van der Waals surface area contributed by atoms with Gasteiger partial charge < -0.3 is 5.73 Å². The first kappa shape index (κ1) is 14.8. The number of pyridine rings is 1. The maximum absolute atomic E-state index is 5.41. The van der Waals surface area contributed by atoms with E-state index in [0.717, 1.165) is 11.4 Å². The summed E-state index contributed by atoms with van der Waals surface area (Å²) in [6.07, 6.45) is 4.17. The minimum absolute atomic E-state index is 0. The minimum atomic E-state index is 0. The molecule has 0 amide bonds. The van der Waals surface area contributed by atoms with Gasteiger partial charge in [0.15, 0.2) is 5.82 Å². The molecule has 0 spiro atoms. The van der Waals surface area contributed by atoms with E-state index in [1.807, 2.05) is 12.1 Å². The average Bonchev–Trinajstić information content (AvgIpc) is 2.68. The highest BCUT2D eigenvalue weighted by Crippen LogP contribution is 2.11. The lowest BCUT2D eigenvalue weighted by atomic mass is 10.3. The molecule has 0 aromatic carbocycles. The summed E-state index contributed by atoms with van der Waals surface area (Å²) >= 11 is 0. The van der Waals surface area contributed by atoms with Crippen molar-refractivity contribution in [1.29, 1.82) is 0 Å². The maximum Gasteiger partial charge on any atom is 0.182 e. The number of halogens is 2. The third kappa shape index (κ3) is 3.44. The summed E-state index contributed by atoms with van der Waals surface area (Å²) < 4.78 is 0. The summed E-state index contributed by atoms with van der Waals surface area (Å²) in [7, 11) is 0. The Bertz CT molecular complexity index is 403. The fourth-order valence-electron chi connectivity index (χ4n) is 1.17. The van der Waals surface area contributed by atoms with Gasteiger partial charge in [-0.2, -0.15) is 5.10 Å². The zero-order valence-corrected chi connectivity index (χ0v) is 10.1. The lowest BCUT2D eigenvalue weighted by Gasteiger charge is -1.91. The zero-order valence-electron chi connectivity index (χ0n) is 8.46. The first-order valence-electron chi connectivity index (χ1n) is 4.42. The third-order valence-electron chi connectivity index (χ3n) is 1.83. The standard InChI is InChI=1S/C9H11N5.2ClH/c10-4-3-8-12-9(14-13-8)7-2-1-5-11-6-7;;/h1-2,5-6H,3-4,10H2,(H,12,13,14);2*1H. The van der Waals surface area contributed by atoms with Crippen molar-refractivity contribution in [3.63, 3.8) is 0 Å². The molecule has 0 fully saturated rings. The Morgan fingerprint density at radius 1 is 1.31 bits per heavy atom. The van der Waals surface area contributed by atoms with Crippen LogP contribution in [0.25, 0.3) is 11.4 Å². The predicted octanol–water partition coefficient (Wildman–Crippen LogP) is 1.21. The maximum atomic E-state index is 5.41. The van der Waals surface area contributed by atoms with E-state index in [1.165, 1.54) is 0 Å². The minimum Gasteiger partial charge on any atom is -0.330 e. The summed E-state index contributed by atoms with van der Waals surface area (Å²) in [5.74, 6) is 1.48. The van der Waals surface area contributed by atoms with Gasteiger partial charge in [0, 0.05) is 24.4 Å². The van der Waals surface area contributed by atoms with Crippen LogP contribution in [0.15, 0.2) is 24.5 Å². The quantitative estimate of drug-likeness (QED) is 0.871. The molecule has 16 heavy (non-hydrogen) atoms. The molecule has 5 nitrogen and oxygen atoms in total. The van der Waals surface area contributed by atoms with Gasteiger partial charge in [-0.15, -0.1) is 24.8 Å². The molecule has 3 N–H and O–H groups in total. The van der Waals surface area contributed by atoms with Gasteiger partial charge in [0.05, 0.1) is 0 Å². The summed E-state index contributed by atoms with van der Waals surface area (Å²) in [5.41, 5.74) is 6.32. The number of aromatic nitrogens is 4. The average molecular weight is 262 g/mol. The largest absolute Gasteiger partial charge is 0.330 e. The normalized spacial score (nSPS) is 9.06. The number of rotatable bonds is 3. The second-order valence-corrected chi connectivity index (χ2v) is 2.89. The number of nitrogens with two attached hydrogens (primary N) is 1. The molecule has 0 saturated heterocycles. The molecule has 0 aliphatic heterocycles. The Labute approximate surface area is 106 Å². The van der Waals surface area contributed by atoms with Crippen molar-refractivity contribution in [2.75, 3.05) is 6.54 Å². The van der Waals surface area contributed by atoms with Crippen molar-refractivity contribution >= 4 is 24.8 Å². The summed E-state index contributed by atoms with van der Waals surface area (Å²) in [6, 6.07) is 3.77. The lowest BCUT2D eigenvalue weighted by molar-refractivity contribution is 0.874. The fourth-order valence-corrected chi connectivity index (χ4v) is 1.17. The van der Waals surface area contributed by atoms with Crippen LogP contribution in [0.1, 0.15) is 5.82 Å². The molecule has 0 atom stereocenters. The smallest absolute Gasteiger partial charge is 0.182 e. The van der Waals surface area contributed by atoms with E-state index in [9.17, 15) is 0 Å². The van der Waals surface area contributed by atoms with Crippen LogP contribution in [0.4, 0.5) is 0 Å². The van der Waals surface area contributed by atoms with Gasteiger partial charge >= 0.3 is 0 Å². The van der Waals surface area contributed by atoms with Gasteiger partial charge in [0.25, 0.3) is 0 Å². The van der Waals surface area contributed by atoms with Crippen molar-refractivity contribution in [3.05, 3.63) is 30.4 Å². The van der Waals surface area contributed by atoms with Crippen LogP contribution in [-0.4, -0.2) is 26.7 Å². The summed E-state index contributed by atoms with van der Waals surface area (Å²) in [6.45, 7) is 0.571. The van der Waals surface area contributed by atoms with Gasteiger partial charge in [0.1, 0.15) is 5.82 Å². The van der Waals surface area contributed by atoms with Crippen molar-refractivity contribution in [2.24, 2.45) is 5.73 Å². The molecule has 2 aromatic heterocycles. The van der Waals surface area contributed by atoms with E-state index in [2.05, 4.69) is 20.2 Å². The van der Waals surface area contributed by atoms with Gasteiger partial charge in [-0.1, -0.05) is 0 Å². The Hall–Kier alpha value is -1.17. The number of hydrogen-bond acceptors (Lipinski definition) is 4. The van der Waals surface area contributed by atoms with Crippen LogP contribution < -0.4 is 5.73 Å². The van der Waals surface area contributed by atoms with E-state index in [1.54, 1.807) is 12.4 Å². The monoisotopic (exact) mass is 261 g/mol. The van der Waals surface area contributed by atoms with E-state index in [0.29, 0.717) is 18.8 Å². The number of aromatic amines is 1. The number of H-pyrrole nitrogens is 1. The van der Waals surface area contributed by atoms with Crippen molar-refractivity contribution in [3.8, 4) is 11.4 Å². The SMILES string of the molecule is Cl.Cl.NCCc1nc(-c2cccnc2)n[nH]1. The Morgan fingerprint density at radius 3 is 2.75 bits per heavy atom. The van der Waals surface area contributed by atoms with E-state index >= 15 is 0 Å². The van der Waals surface area contributed by atoms with Crippen molar-refractivity contribution in [2.45, 2.75) is 6.42 Å². The van der Waals surface area contributed by atoms with Crippen LogP contribution in [0.3, 0.4) is 0 Å². The van der Waals surface area contributed by atoms with Gasteiger partial charge in [0.2, 0.25) is 0 Å². The molecular formula is C9H13Cl2N5. The molecule has 2 rings (SSSR count). The highest BCUT2D eigenvalue weighted by atomic mass is 35.5. The van der Waals surface area contributed by atoms with Crippen LogP contribution in [0, 0.1) is 0 Å². The molecule has 88 valence electrons. The molecule has 0 aliphatic carbocycles. The van der Waals surface area contributed by atoms with Crippen LogP contribution >= 0.6 is 24.8 Å². The van der Waals surface area contributed by atoms with Crippen LogP contribution in [0.2, 0.25) is 0 Å². The van der Waals surface area contributed by atoms with Gasteiger partial charge in [-0.3, -0.25) is 10.1 Å².